The molecule has 0 saturated carbocycles. The van der Waals surface area contributed by atoms with Crippen LogP contribution >= 0.6 is 8.58 Å². The van der Waals surface area contributed by atoms with Gasteiger partial charge in [0.15, 0.2) is 0 Å². The molecule has 1 unspecified atom stereocenters. The molecule has 162 valence electrons. The molecule has 4 heteroatoms. The fraction of sp³-hybridized carbons (Fsp3) is 0.0690. The van der Waals surface area contributed by atoms with Crippen molar-refractivity contribution >= 4 is 30.0 Å². The van der Waals surface area contributed by atoms with Gasteiger partial charge < -0.3 is 9.41 Å². The Bertz CT molecular complexity index is 1250. The van der Waals surface area contributed by atoms with E-state index in [9.17, 15) is 0 Å². The Kier molecular flexibility index (Phi) is 9.80. The van der Waals surface area contributed by atoms with E-state index >= 15 is 0 Å². The van der Waals surface area contributed by atoms with E-state index in [1.807, 2.05) is 6.07 Å². The Balaban J connectivity index is 0.000000220. The number of benzene rings is 4. The van der Waals surface area contributed by atoms with Gasteiger partial charge in [-0.25, -0.2) is 0 Å². The third kappa shape index (κ3) is 5.90. The van der Waals surface area contributed by atoms with E-state index in [2.05, 4.69) is 110 Å². The number of hydrogen-bond acceptors (Lipinski definition) is 0. The second-order valence-corrected chi connectivity index (χ2v) is 9.08. The molecule has 1 atom stereocenters. The minimum atomic E-state index is 0. The van der Waals surface area contributed by atoms with Gasteiger partial charge >= 0.3 is 21.7 Å². The van der Waals surface area contributed by atoms with E-state index in [0.29, 0.717) is 0 Å². The van der Waals surface area contributed by atoms with E-state index in [1.54, 1.807) is 0 Å². The van der Waals surface area contributed by atoms with Crippen LogP contribution in [0, 0.1) is 13.0 Å². The molecule has 0 amide bonds. The monoisotopic (exact) mass is 488 g/mol. The second kappa shape index (κ2) is 12.1. The number of rotatable bonds is 2. The maximum atomic E-state index is 3.30. The van der Waals surface area contributed by atoms with Crippen molar-refractivity contribution in [2.45, 2.75) is 13.3 Å². The molecule has 0 N–H and O–H groups in total. The fourth-order valence-corrected chi connectivity index (χ4v) is 5.32. The molecule has 0 bridgehead atoms. The summed E-state index contributed by atoms with van der Waals surface area (Å²) in [6.07, 6.45) is 1.05. The molecule has 0 aromatic heterocycles. The first kappa shape index (κ1) is 26.7. The van der Waals surface area contributed by atoms with Gasteiger partial charge in [0, 0.05) is 0 Å². The quantitative estimate of drug-likeness (QED) is 0.190. The normalized spacial score (nSPS) is 10.8. The zero-order valence-corrected chi connectivity index (χ0v) is 20.8. The van der Waals surface area contributed by atoms with Gasteiger partial charge in [-0.15, -0.1) is 45.9 Å². The molecule has 33 heavy (non-hydrogen) atoms. The van der Waals surface area contributed by atoms with Crippen molar-refractivity contribution in [3.8, 4) is 11.1 Å². The van der Waals surface area contributed by atoms with Gasteiger partial charge in [0.1, 0.15) is 0 Å². The zero-order chi connectivity index (χ0) is 20.3. The molecule has 0 heterocycles. The summed E-state index contributed by atoms with van der Waals surface area (Å²) in [5.41, 5.74) is 6.90. The molecule has 0 aliphatic heterocycles. The first-order valence-electron chi connectivity index (χ1n) is 10.3. The van der Waals surface area contributed by atoms with Crippen molar-refractivity contribution in [2.24, 2.45) is 0 Å². The van der Waals surface area contributed by atoms with Crippen molar-refractivity contribution in [2.75, 3.05) is 0 Å². The fourth-order valence-electron chi connectivity index (χ4n) is 4.09. The van der Waals surface area contributed by atoms with Crippen LogP contribution < -0.4 is 20.0 Å². The molecule has 0 fully saturated rings. The Hall–Kier alpha value is -2.51. The summed E-state index contributed by atoms with van der Waals surface area (Å²) in [6, 6.07) is 39.9. The van der Waals surface area contributed by atoms with E-state index < -0.39 is 0 Å². The van der Waals surface area contributed by atoms with Crippen LogP contribution in [0.3, 0.4) is 0 Å². The van der Waals surface area contributed by atoms with Gasteiger partial charge in [0.2, 0.25) is 0 Å². The zero-order valence-electron chi connectivity index (χ0n) is 18.3. The Labute approximate surface area is 210 Å². The SMILES string of the molecule is Cc1ccccc1Pc1cc2ccccc2[cH-]1.[F-].[F-].[Ti+4].[c-]1cccc2c1Cc1ccccc1-2. The minimum absolute atomic E-state index is 0. The van der Waals surface area contributed by atoms with Crippen LogP contribution in [0.1, 0.15) is 16.7 Å². The van der Waals surface area contributed by atoms with Crippen LogP contribution in [0.2, 0.25) is 0 Å². The molecule has 1 aliphatic carbocycles. The predicted octanol–water partition coefficient (Wildman–Crippen LogP) is 0.560. The van der Waals surface area contributed by atoms with E-state index in [-0.39, 0.29) is 31.1 Å². The Morgan fingerprint density at radius 2 is 1.48 bits per heavy atom. The van der Waals surface area contributed by atoms with Gasteiger partial charge in [0.25, 0.3) is 0 Å². The van der Waals surface area contributed by atoms with Crippen LogP contribution in [-0.4, -0.2) is 0 Å². The summed E-state index contributed by atoms with van der Waals surface area (Å²) < 4.78 is 0. The summed E-state index contributed by atoms with van der Waals surface area (Å²) in [5, 5.41) is 5.58. The molecule has 0 radical (unpaired) electrons. The summed E-state index contributed by atoms with van der Waals surface area (Å²) in [5.74, 6) is 0. The van der Waals surface area contributed by atoms with Crippen molar-refractivity contribution in [3.63, 3.8) is 0 Å². The number of fused-ring (bicyclic) bond motifs is 4. The van der Waals surface area contributed by atoms with E-state index in [1.165, 1.54) is 49.2 Å². The summed E-state index contributed by atoms with van der Waals surface area (Å²) in [4.78, 5) is 0. The molecule has 5 aromatic rings. The number of aryl methyl sites for hydroxylation is 1. The average molecular weight is 488 g/mol. The van der Waals surface area contributed by atoms with Crippen LogP contribution in [0.5, 0.6) is 0 Å². The third-order valence-electron chi connectivity index (χ3n) is 5.66. The second-order valence-electron chi connectivity index (χ2n) is 7.71. The van der Waals surface area contributed by atoms with Gasteiger partial charge in [-0.1, -0.05) is 74.3 Å². The van der Waals surface area contributed by atoms with E-state index in [4.69, 9.17) is 0 Å². The van der Waals surface area contributed by atoms with Crippen LogP contribution in [0.15, 0.2) is 103 Å². The standard InChI is InChI=1S/C16H14P.C13H9.2FH.Ti/c1-12-6-2-5-9-16(12)17-15-10-13-7-3-4-8-14(13)11-15;1-3-7-12-10(5-1)9-11-6-2-4-8-13(11)12;;;/h2-11,17H,1H3;1-5,7-8H,9H2;2*1H;/q2*-1;;;+4/p-2. The van der Waals surface area contributed by atoms with Crippen LogP contribution in [0.4, 0.5) is 0 Å². The first-order chi connectivity index (χ1) is 14.8. The average Bonchev–Trinajstić information content (AvgIpc) is 3.36. The van der Waals surface area contributed by atoms with Gasteiger partial charge in [0.05, 0.1) is 0 Å². The van der Waals surface area contributed by atoms with Crippen molar-refractivity contribution < 1.29 is 31.1 Å². The van der Waals surface area contributed by atoms with Crippen molar-refractivity contribution in [1.29, 1.82) is 0 Å². The number of halogens is 2. The minimum Gasteiger partial charge on any atom is -1.00 e. The van der Waals surface area contributed by atoms with Crippen molar-refractivity contribution in [1.82, 2.24) is 0 Å². The molecule has 5 aromatic carbocycles. The summed E-state index contributed by atoms with van der Waals surface area (Å²) in [7, 11) is 0.759. The molecule has 1 aliphatic rings. The van der Waals surface area contributed by atoms with Gasteiger partial charge in [-0.3, -0.25) is 0 Å². The van der Waals surface area contributed by atoms with E-state index in [0.717, 1.165) is 15.0 Å². The first-order valence-corrected chi connectivity index (χ1v) is 11.3. The Morgan fingerprint density at radius 1 is 0.788 bits per heavy atom. The van der Waals surface area contributed by atoms with Crippen LogP contribution in [0.25, 0.3) is 21.9 Å². The largest absolute Gasteiger partial charge is 4.00 e. The summed E-state index contributed by atoms with van der Waals surface area (Å²) >= 11 is 0. The van der Waals surface area contributed by atoms with Crippen LogP contribution in [-0.2, 0) is 28.1 Å². The molecule has 0 spiro atoms. The molecular formula is C29H23F2PTi. The van der Waals surface area contributed by atoms with Gasteiger partial charge in [-0.2, -0.15) is 35.9 Å². The third-order valence-corrected chi connectivity index (χ3v) is 7.07. The maximum absolute atomic E-state index is 3.30. The van der Waals surface area contributed by atoms with Crippen molar-refractivity contribution in [3.05, 3.63) is 126 Å². The molecule has 6 rings (SSSR count). The van der Waals surface area contributed by atoms with Gasteiger partial charge in [-0.05, 0) is 24.2 Å². The molecular weight excluding hydrogens is 465 g/mol. The summed E-state index contributed by atoms with van der Waals surface area (Å²) in [6.45, 7) is 2.19. The molecule has 0 nitrogen and oxygen atoms in total. The predicted molar refractivity (Wildman–Crippen MR) is 132 cm³/mol. The molecule has 0 saturated heterocycles. The topological polar surface area (TPSA) is 0 Å². The Morgan fingerprint density at radius 3 is 2.30 bits per heavy atom. The maximum Gasteiger partial charge on any atom is 4.00 e. The smallest absolute Gasteiger partial charge is 1.00 e. The number of hydrogen-bond donors (Lipinski definition) is 0.